The van der Waals surface area contributed by atoms with Crippen LogP contribution in [0.1, 0.15) is 59.9 Å². The van der Waals surface area contributed by atoms with Crippen molar-refractivity contribution in [1.82, 2.24) is 20.4 Å². The first-order valence-corrected chi connectivity index (χ1v) is 13.5. The van der Waals surface area contributed by atoms with E-state index in [1.165, 1.54) is 37.7 Å². The van der Waals surface area contributed by atoms with Crippen molar-refractivity contribution in [3.63, 3.8) is 0 Å². The summed E-state index contributed by atoms with van der Waals surface area (Å²) in [6.07, 6.45) is -0.0973. The molecule has 1 aromatic rings. The monoisotopic (exact) mass is 546 g/mol. The molecule has 10 nitrogen and oxygen atoms in total. The van der Waals surface area contributed by atoms with Gasteiger partial charge < -0.3 is 25.5 Å². The summed E-state index contributed by atoms with van der Waals surface area (Å²) in [6, 6.07) is 6.56. The van der Waals surface area contributed by atoms with Crippen molar-refractivity contribution in [3.05, 3.63) is 35.9 Å². The Bertz CT molecular complexity index is 983. The zero-order valence-corrected chi connectivity index (χ0v) is 24.6. The van der Waals surface area contributed by atoms with Gasteiger partial charge in [0.1, 0.15) is 18.2 Å². The number of hydrogen-bond acceptors (Lipinski definition) is 6. The van der Waals surface area contributed by atoms with Crippen molar-refractivity contribution < 1.29 is 29.1 Å². The molecular formula is C29H46N4O6. The number of nitrogens with zero attached hydrogens (tertiary/aromatic N) is 2. The highest BCUT2D eigenvalue weighted by molar-refractivity contribution is 5.94. The summed E-state index contributed by atoms with van der Waals surface area (Å²) in [4.78, 5) is 66.5. The predicted molar refractivity (Wildman–Crippen MR) is 149 cm³/mol. The normalized spacial score (nSPS) is 14.9. The van der Waals surface area contributed by atoms with Gasteiger partial charge in [-0.15, -0.1) is 0 Å². The van der Waals surface area contributed by atoms with E-state index in [4.69, 9.17) is 0 Å². The van der Waals surface area contributed by atoms with Crippen LogP contribution in [-0.4, -0.2) is 89.2 Å². The highest BCUT2D eigenvalue weighted by atomic mass is 16.3. The molecule has 0 bridgehead atoms. The number of nitrogens with one attached hydrogen (secondary N) is 2. The zero-order valence-electron chi connectivity index (χ0n) is 24.6. The second-order valence-electron chi connectivity index (χ2n) is 10.8. The minimum absolute atomic E-state index is 0.0576. The second-order valence-corrected chi connectivity index (χ2v) is 10.8. The van der Waals surface area contributed by atoms with Gasteiger partial charge in [-0.3, -0.25) is 24.0 Å². The minimum atomic E-state index is -1.24. The van der Waals surface area contributed by atoms with Crippen LogP contribution in [0.2, 0.25) is 0 Å². The number of carbonyl (C=O) groups excluding carboxylic acids is 5. The fraction of sp³-hybridized carbons (Fsp3) is 0.621. The van der Waals surface area contributed by atoms with Crippen LogP contribution in [0.25, 0.3) is 0 Å². The van der Waals surface area contributed by atoms with Gasteiger partial charge in [-0.2, -0.15) is 0 Å². The molecule has 0 aliphatic rings. The number of carbonyl (C=O) groups is 5. The van der Waals surface area contributed by atoms with Crippen molar-refractivity contribution in [3.8, 4) is 0 Å². The maximum atomic E-state index is 13.6. The van der Waals surface area contributed by atoms with Crippen LogP contribution in [0.15, 0.2) is 30.3 Å². The molecule has 1 unspecified atom stereocenters. The van der Waals surface area contributed by atoms with E-state index in [1.807, 2.05) is 58.0 Å². The Labute approximate surface area is 232 Å². The van der Waals surface area contributed by atoms with Crippen LogP contribution in [0.3, 0.4) is 0 Å². The van der Waals surface area contributed by atoms with Gasteiger partial charge in [0.15, 0.2) is 5.78 Å². The van der Waals surface area contributed by atoms with Gasteiger partial charge in [0.05, 0.1) is 12.6 Å². The lowest BCUT2D eigenvalue weighted by atomic mass is 9.96. The molecule has 1 rings (SSSR count). The van der Waals surface area contributed by atoms with Gasteiger partial charge in [0.25, 0.3) is 0 Å². The summed E-state index contributed by atoms with van der Waals surface area (Å²) in [5, 5.41) is 15.4. The third-order valence-electron chi connectivity index (χ3n) is 6.82. The highest BCUT2D eigenvalue weighted by Gasteiger charge is 2.34. The third kappa shape index (κ3) is 10.8. The van der Waals surface area contributed by atoms with Crippen molar-refractivity contribution in [2.24, 2.45) is 11.8 Å². The van der Waals surface area contributed by atoms with E-state index in [9.17, 15) is 29.1 Å². The van der Waals surface area contributed by atoms with Crippen LogP contribution in [0.4, 0.5) is 0 Å². The van der Waals surface area contributed by atoms with Crippen LogP contribution in [-0.2, 0) is 30.4 Å². The molecule has 0 spiro atoms. The Balaban J connectivity index is 3.07. The standard InChI is InChI=1S/C29H46N4O6/c1-9-19(4)26(21(6)34)31-25(36)17-32(7)29(39)23(16-22-13-11-10-12-14-22)33(8)28(38)20(5)30-27(37)24(35)15-18(2)3/h10-14,18-20,23-24,26,35H,9,15-17H2,1-8H3,(H,30,37)(H,31,36)/t19?,20-,23+,24+,26-/m0/s1. The van der Waals surface area contributed by atoms with E-state index < -0.39 is 47.9 Å². The third-order valence-corrected chi connectivity index (χ3v) is 6.82. The molecule has 4 amide bonds. The Morgan fingerprint density at radius 3 is 2.03 bits per heavy atom. The van der Waals surface area contributed by atoms with Crippen molar-refractivity contribution in [1.29, 1.82) is 0 Å². The Morgan fingerprint density at radius 1 is 0.923 bits per heavy atom. The molecule has 0 aromatic heterocycles. The summed E-state index contributed by atoms with van der Waals surface area (Å²) in [5.74, 6) is -2.23. The maximum Gasteiger partial charge on any atom is 0.249 e. The summed E-state index contributed by atoms with van der Waals surface area (Å²) in [7, 11) is 2.95. The SMILES string of the molecule is CCC(C)[C@H](NC(=O)CN(C)C(=O)[C@@H](Cc1ccccc1)N(C)C(=O)[C@H](C)NC(=O)[C@H](O)CC(C)C)C(C)=O. The number of ketones is 1. The molecule has 3 N–H and O–H groups in total. The van der Waals surface area contributed by atoms with Gasteiger partial charge in [-0.25, -0.2) is 0 Å². The smallest absolute Gasteiger partial charge is 0.249 e. The predicted octanol–water partition coefficient (Wildman–Crippen LogP) is 1.55. The Hall–Kier alpha value is -3.27. The molecule has 0 fully saturated rings. The molecule has 0 heterocycles. The van der Waals surface area contributed by atoms with Gasteiger partial charge in [-0.1, -0.05) is 64.4 Å². The molecule has 5 atom stereocenters. The van der Waals surface area contributed by atoms with Crippen LogP contribution < -0.4 is 10.6 Å². The lowest BCUT2D eigenvalue weighted by Crippen LogP contribution is -2.56. The Kier molecular flexibility index (Phi) is 13.8. The number of aliphatic hydroxyl groups is 1. The summed E-state index contributed by atoms with van der Waals surface area (Å²) < 4.78 is 0. The molecule has 39 heavy (non-hydrogen) atoms. The molecule has 0 aliphatic heterocycles. The highest BCUT2D eigenvalue weighted by Crippen LogP contribution is 2.13. The minimum Gasteiger partial charge on any atom is -0.383 e. The van der Waals surface area contributed by atoms with Crippen molar-refractivity contribution in [2.75, 3.05) is 20.6 Å². The first-order valence-electron chi connectivity index (χ1n) is 13.5. The number of Topliss-reactive ketones (excluding diaryl/α,β-unsaturated/α-hetero) is 1. The van der Waals surface area contributed by atoms with Crippen LogP contribution in [0, 0.1) is 11.8 Å². The maximum absolute atomic E-state index is 13.6. The van der Waals surface area contributed by atoms with E-state index >= 15 is 0 Å². The second kappa shape index (κ2) is 16.0. The first kappa shape index (κ1) is 33.8. The van der Waals surface area contributed by atoms with Crippen LogP contribution in [0.5, 0.6) is 0 Å². The summed E-state index contributed by atoms with van der Waals surface area (Å²) in [5.41, 5.74) is 0.811. The average molecular weight is 547 g/mol. The topological polar surface area (TPSA) is 136 Å². The molecule has 10 heteroatoms. The molecule has 0 saturated carbocycles. The molecular weight excluding hydrogens is 500 g/mol. The number of amides is 4. The fourth-order valence-electron chi connectivity index (χ4n) is 4.26. The van der Waals surface area contributed by atoms with Crippen LogP contribution >= 0.6 is 0 Å². The van der Waals surface area contributed by atoms with E-state index in [-0.39, 0.29) is 37.0 Å². The number of hydrogen-bond donors (Lipinski definition) is 3. The van der Waals surface area contributed by atoms with Gasteiger partial charge in [0.2, 0.25) is 23.6 Å². The number of rotatable bonds is 15. The Morgan fingerprint density at radius 2 is 1.51 bits per heavy atom. The number of benzene rings is 1. The fourth-order valence-corrected chi connectivity index (χ4v) is 4.26. The van der Waals surface area contributed by atoms with Crippen molar-refractivity contribution >= 4 is 29.4 Å². The molecule has 1 aromatic carbocycles. The van der Waals surface area contributed by atoms with Gasteiger partial charge >= 0.3 is 0 Å². The van der Waals surface area contributed by atoms with Gasteiger partial charge in [0, 0.05) is 20.5 Å². The molecule has 0 radical (unpaired) electrons. The number of likely N-dealkylation sites (N-methyl/N-ethyl adjacent to an activating group) is 2. The largest absolute Gasteiger partial charge is 0.383 e. The van der Waals surface area contributed by atoms with Gasteiger partial charge in [-0.05, 0) is 37.7 Å². The molecule has 0 aliphatic carbocycles. The summed E-state index contributed by atoms with van der Waals surface area (Å²) in [6.45, 7) is 10.2. The van der Waals surface area contributed by atoms with E-state index in [1.54, 1.807) is 0 Å². The lowest BCUT2D eigenvalue weighted by molar-refractivity contribution is -0.147. The van der Waals surface area contributed by atoms with Crippen molar-refractivity contribution in [2.45, 2.75) is 85.0 Å². The lowest BCUT2D eigenvalue weighted by Gasteiger charge is -2.33. The first-order chi connectivity index (χ1) is 18.2. The molecule has 0 saturated heterocycles. The quantitative estimate of drug-likeness (QED) is 0.305. The summed E-state index contributed by atoms with van der Waals surface area (Å²) >= 11 is 0. The molecule has 218 valence electrons. The van der Waals surface area contributed by atoms with E-state index in [0.717, 1.165) is 5.56 Å². The number of aliphatic hydroxyl groups excluding tert-OH is 1. The average Bonchev–Trinajstić information content (AvgIpc) is 2.88. The zero-order chi connectivity index (χ0) is 29.9. The van der Waals surface area contributed by atoms with E-state index in [0.29, 0.717) is 6.42 Å². The van der Waals surface area contributed by atoms with E-state index in [2.05, 4.69) is 10.6 Å².